The number of furan rings is 1. The van der Waals surface area contributed by atoms with Crippen LogP contribution in [0.2, 0.25) is 0 Å². The van der Waals surface area contributed by atoms with Crippen molar-refractivity contribution < 1.29 is 14.3 Å². The molecule has 0 bridgehead atoms. The Labute approximate surface area is 152 Å². The molecule has 0 aliphatic carbocycles. The third kappa shape index (κ3) is 3.00. The summed E-state index contributed by atoms with van der Waals surface area (Å²) in [6.45, 7) is 0.0696. The molecule has 0 aliphatic heterocycles. The molecule has 0 unspecified atom stereocenters. The number of aliphatic hydroxyl groups is 1. The van der Waals surface area contributed by atoms with Gasteiger partial charge in [-0.3, -0.25) is 4.79 Å². The zero-order chi connectivity index (χ0) is 17.3. The van der Waals surface area contributed by atoms with Gasteiger partial charge in [-0.1, -0.05) is 24.3 Å². The maximum atomic E-state index is 12.6. The minimum Gasteiger partial charge on any atom is -0.472 e. The van der Waals surface area contributed by atoms with Gasteiger partial charge in [-0.2, -0.15) is 0 Å². The Morgan fingerprint density at radius 3 is 2.80 bits per heavy atom. The molecule has 1 atom stereocenters. The van der Waals surface area contributed by atoms with Crippen molar-refractivity contribution in [1.82, 2.24) is 5.32 Å². The van der Waals surface area contributed by atoms with Crippen LogP contribution in [0.15, 0.2) is 70.9 Å². The summed E-state index contributed by atoms with van der Waals surface area (Å²) in [5.41, 5.74) is -0.695. The lowest BCUT2D eigenvalue weighted by atomic mass is 9.94. The van der Waals surface area contributed by atoms with Crippen molar-refractivity contribution in [3.8, 4) is 0 Å². The van der Waals surface area contributed by atoms with E-state index in [4.69, 9.17) is 4.42 Å². The first kappa shape index (κ1) is 16.1. The number of nitrogens with one attached hydrogen (secondary N) is 1. The van der Waals surface area contributed by atoms with Crippen LogP contribution >= 0.6 is 22.7 Å². The summed E-state index contributed by atoms with van der Waals surface area (Å²) in [5, 5.41) is 17.0. The molecule has 4 nitrogen and oxygen atoms in total. The summed E-state index contributed by atoms with van der Waals surface area (Å²) >= 11 is 2.88. The monoisotopic (exact) mass is 369 g/mol. The molecular formula is C19H15NO3S2. The third-order valence-electron chi connectivity index (χ3n) is 4.08. The average molecular weight is 369 g/mol. The van der Waals surface area contributed by atoms with E-state index in [2.05, 4.69) is 5.32 Å². The van der Waals surface area contributed by atoms with Crippen molar-refractivity contribution in [3.63, 3.8) is 0 Å². The normalized spacial score (nSPS) is 13.6. The second kappa shape index (κ2) is 6.48. The molecule has 0 aliphatic rings. The van der Waals surface area contributed by atoms with E-state index in [1.807, 2.05) is 47.8 Å². The van der Waals surface area contributed by atoms with Crippen LogP contribution in [0.5, 0.6) is 0 Å². The van der Waals surface area contributed by atoms with E-state index < -0.39 is 5.60 Å². The molecule has 0 radical (unpaired) electrons. The number of hydrogen-bond donors (Lipinski definition) is 2. The van der Waals surface area contributed by atoms with Gasteiger partial charge < -0.3 is 14.8 Å². The highest BCUT2D eigenvalue weighted by molar-refractivity contribution is 7.20. The summed E-state index contributed by atoms with van der Waals surface area (Å²) in [6.07, 6.45) is 3.02. The molecule has 0 saturated heterocycles. The fourth-order valence-electron chi connectivity index (χ4n) is 2.73. The van der Waals surface area contributed by atoms with Crippen LogP contribution in [0, 0.1) is 0 Å². The Kier molecular flexibility index (Phi) is 4.17. The van der Waals surface area contributed by atoms with E-state index in [0.717, 1.165) is 15.0 Å². The highest BCUT2D eigenvalue weighted by atomic mass is 32.1. The zero-order valence-corrected chi connectivity index (χ0v) is 14.8. The van der Waals surface area contributed by atoms with Crippen LogP contribution in [0.1, 0.15) is 20.1 Å². The molecule has 126 valence electrons. The number of hydrogen-bond acceptors (Lipinski definition) is 5. The maximum Gasteiger partial charge on any atom is 0.261 e. The molecule has 3 aromatic heterocycles. The van der Waals surface area contributed by atoms with Crippen LogP contribution in [0.25, 0.3) is 10.1 Å². The first-order chi connectivity index (χ1) is 12.2. The van der Waals surface area contributed by atoms with E-state index in [1.165, 1.54) is 35.2 Å². The molecule has 0 saturated carbocycles. The largest absolute Gasteiger partial charge is 0.472 e. The van der Waals surface area contributed by atoms with Crippen LogP contribution in [0.4, 0.5) is 0 Å². The van der Waals surface area contributed by atoms with Gasteiger partial charge >= 0.3 is 0 Å². The van der Waals surface area contributed by atoms with Crippen LogP contribution in [-0.2, 0) is 5.60 Å². The summed E-state index contributed by atoms with van der Waals surface area (Å²) < 4.78 is 6.19. The third-order valence-corrected chi connectivity index (χ3v) is 6.22. The van der Waals surface area contributed by atoms with Crippen LogP contribution < -0.4 is 5.32 Å². The molecule has 4 aromatic rings. The smallest absolute Gasteiger partial charge is 0.261 e. The second-order valence-corrected chi connectivity index (χ2v) is 7.71. The predicted octanol–water partition coefficient (Wildman–Crippen LogP) is 4.22. The SMILES string of the molecule is O=C(NC[C@@](O)(c1ccoc1)c1cccs1)c1cc2ccccc2s1. The predicted molar refractivity (Wildman–Crippen MR) is 100 cm³/mol. The van der Waals surface area contributed by atoms with Gasteiger partial charge in [-0.25, -0.2) is 0 Å². The minimum absolute atomic E-state index is 0.0696. The highest BCUT2D eigenvalue weighted by Gasteiger charge is 2.34. The lowest BCUT2D eigenvalue weighted by Crippen LogP contribution is -2.40. The second-order valence-electron chi connectivity index (χ2n) is 5.68. The number of amides is 1. The van der Waals surface area contributed by atoms with E-state index in [9.17, 15) is 9.90 Å². The van der Waals surface area contributed by atoms with Gasteiger partial charge in [0.1, 0.15) is 5.60 Å². The molecule has 4 rings (SSSR count). The molecule has 1 aromatic carbocycles. The molecule has 6 heteroatoms. The molecule has 3 heterocycles. The lowest BCUT2D eigenvalue weighted by Gasteiger charge is -2.26. The fraction of sp³-hybridized carbons (Fsp3) is 0.105. The van der Waals surface area contributed by atoms with Gasteiger partial charge in [0.2, 0.25) is 0 Å². The van der Waals surface area contributed by atoms with Gasteiger partial charge in [-0.05, 0) is 35.0 Å². The van der Waals surface area contributed by atoms with Gasteiger partial charge in [0.15, 0.2) is 0 Å². The van der Waals surface area contributed by atoms with Crippen molar-refractivity contribution in [2.45, 2.75) is 5.60 Å². The number of carbonyl (C=O) groups is 1. The number of carbonyl (C=O) groups excluding carboxylic acids is 1. The topological polar surface area (TPSA) is 62.5 Å². The van der Waals surface area contributed by atoms with Crippen molar-refractivity contribution in [2.24, 2.45) is 0 Å². The zero-order valence-electron chi connectivity index (χ0n) is 13.1. The standard InChI is InChI=1S/C19H15NO3S2/c21-18(16-10-13-4-1-2-5-15(13)25-16)20-12-19(22,14-7-8-23-11-14)17-6-3-9-24-17/h1-11,22H,12H2,(H,20,21)/t19-/m1/s1. The van der Waals surface area contributed by atoms with Gasteiger partial charge in [-0.15, -0.1) is 22.7 Å². The minimum atomic E-state index is -1.31. The number of fused-ring (bicyclic) bond motifs is 1. The molecular weight excluding hydrogens is 354 g/mol. The Morgan fingerprint density at radius 1 is 1.20 bits per heavy atom. The van der Waals surface area contributed by atoms with E-state index in [-0.39, 0.29) is 12.5 Å². The Morgan fingerprint density at radius 2 is 2.08 bits per heavy atom. The van der Waals surface area contributed by atoms with E-state index in [1.54, 1.807) is 6.07 Å². The van der Waals surface area contributed by atoms with E-state index >= 15 is 0 Å². The summed E-state index contributed by atoms with van der Waals surface area (Å²) in [4.78, 5) is 14.0. The molecule has 25 heavy (non-hydrogen) atoms. The molecule has 2 N–H and O–H groups in total. The lowest BCUT2D eigenvalue weighted by molar-refractivity contribution is 0.0716. The molecule has 1 amide bonds. The quantitative estimate of drug-likeness (QED) is 0.554. The Hall–Kier alpha value is -2.41. The molecule has 0 fully saturated rings. The van der Waals surface area contributed by atoms with Gasteiger partial charge in [0.05, 0.1) is 23.9 Å². The fourth-order valence-corrected chi connectivity index (χ4v) is 4.56. The Balaban J connectivity index is 1.58. The summed E-state index contributed by atoms with van der Waals surface area (Å²) in [6, 6.07) is 15.2. The maximum absolute atomic E-state index is 12.6. The first-order valence-electron chi connectivity index (χ1n) is 7.73. The highest BCUT2D eigenvalue weighted by Crippen LogP contribution is 2.33. The number of rotatable bonds is 5. The summed E-state index contributed by atoms with van der Waals surface area (Å²) in [5.74, 6) is -0.195. The van der Waals surface area contributed by atoms with Crippen LogP contribution in [-0.4, -0.2) is 17.6 Å². The Bertz CT molecular complexity index is 920. The summed E-state index contributed by atoms with van der Waals surface area (Å²) in [7, 11) is 0. The van der Waals surface area contributed by atoms with Crippen molar-refractivity contribution in [1.29, 1.82) is 0 Å². The van der Waals surface area contributed by atoms with Crippen LogP contribution in [0.3, 0.4) is 0 Å². The number of thiophene rings is 2. The van der Waals surface area contributed by atoms with Crippen molar-refractivity contribution >= 4 is 38.7 Å². The van der Waals surface area contributed by atoms with Crippen molar-refractivity contribution in [3.05, 3.63) is 81.8 Å². The number of benzene rings is 1. The molecule has 0 spiro atoms. The average Bonchev–Trinajstić information content (AvgIpc) is 3.40. The van der Waals surface area contributed by atoms with Crippen molar-refractivity contribution in [2.75, 3.05) is 6.54 Å². The van der Waals surface area contributed by atoms with Gasteiger partial charge in [0, 0.05) is 15.1 Å². The van der Waals surface area contributed by atoms with E-state index in [0.29, 0.717) is 10.4 Å². The van der Waals surface area contributed by atoms with Gasteiger partial charge in [0.25, 0.3) is 5.91 Å². The first-order valence-corrected chi connectivity index (χ1v) is 9.42.